The van der Waals surface area contributed by atoms with Crippen molar-refractivity contribution in [2.24, 2.45) is 0 Å². The second-order valence-electron chi connectivity index (χ2n) is 3.25. The summed E-state index contributed by atoms with van der Waals surface area (Å²) in [5, 5.41) is 19.6. The molecule has 0 heterocycles. The fraction of sp³-hybridized carbons (Fsp3) is 0.200. The van der Waals surface area contributed by atoms with Crippen LogP contribution in [0.4, 0.5) is 18.9 Å². The molecule has 6 nitrogen and oxygen atoms in total. The number of rotatable bonds is 3. The number of nitro benzene ring substituents is 1. The Balaban J connectivity index is 3.64. The Morgan fingerprint density at radius 1 is 1.50 bits per heavy atom. The summed E-state index contributed by atoms with van der Waals surface area (Å²) in [5.41, 5.74) is -7.13. The van der Waals surface area contributed by atoms with Crippen LogP contribution in [0.3, 0.4) is 0 Å². The number of nitriles is 1. The van der Waals surface area contributed by atoms with E-state index in [1.54, 1.807) is 0 Å². The van der Waals surface area contributed by atoms with Gasteiger partial charge in [0, 0.05) is 0 Å². The van der Waals surface area contributed by atoms with Crippen molar-refractivity contribution in [3.63, 3.8) is 0 Å². The van der Waals surface area contributed by atoms with Crippen molar-refractivity contribution >= 4 is 23.4 Å². The summed E-state index contributed by atoms with van der Waals surface area (Å²) in [5.74, 6) is -1.16. The van der Waals surface area contributed by atoms with E-state index in [2.05, 4.69) is 4.74 Å². The molecule has 0 spiro atoms. The zero-order valence-corrected chi connectivity index (χ0v) is 10.5. The molecule has 0 aliphatic heterocycles. The van der Waals surface area contributed by atoms with Gasteiger partial charge in [-0.15, -0.1) is 0 Å². The van der Waals surface area contributed by atoms with E-state index in [-0.39, 0.29) is 0 Å². The van der Waals surface area contributed by atoms with Crippen molar-refractivity contribution in [1.82, 2.24) is 0 Å². The summed E-state index contributed by atoms with van der Waals surface area (Å²) < 4.78 is 41.7. The lowest BCUT2D eigenvalue weighted by molar-refractivity contribution is -0.388. The zero-order chi connectivity index (χ0) is 15.5. The van der Waals surface area contributed by atoms with Gasteiger partial charge in [0.15, 0.2) is 0 Å². The molecule has 0 bridgehead atoms. The molecule has 20 heavy (non-hydrogen) atoms. The maximum absolute atomic E-state index is 12.5. The van der Waals surface area contributed by atoms with Gasteiger partial charge in [0.1, 0.15) is 16.5 Å². The number of hydrogen-bond acceptors (Lipinski definition) is 6. The lowest BCUT2D eigenvalue weighted by Gasteiger charge is -2.10. The average molecular weight is 306 g/mol. The van der Waals surface area contributed by atoms with Crippen LogP contribution in [-0.4, -0.2) is 23.5 Å². The van der Waals surface area contributed by atoms with Gasteiger partial charge < -0.3 is 4.74 Å². The number of alkyl halides is 3. The maximum Gasteiger partial charge on any atom is 0.446 e. The molecule has 1 aromatic carbocycles. The summed E-state index contributed by atoms with van der Waals surface area (Å²) in [7, 11) is 0.925. The quantitative estimate of drug-likeness (QED) is 0.369. The van der Waals surface area contributed by atoms with Crippen molar-refractivity contribution < 1.29 is 27.6 Å². The molecule has 0 radical (unpaired) electrons. The number of halogens is 3. The number of hydrogen-bond donors (Lipinski definition) is 0. The smallest absolute Gasteiger partial charge is 0.446 e. The lowest BCUT2D eigenvalue weighted by atomic mass is 10.1. The Kier molecular flexibility index (Phi) is 4.57. The van der Waals surface area contributed by atoms with E-state index < -0.39 is 49.9 Å². The van der Waals surface area contributed by atoms with E-state index in [4.69, 9.17) is 5.26 Å². The third kappa shape index (κ3) is 3.39. The first-order chi connectivity index (χ1) is 9.21. The molecule has 0 unspecified atom stereocenters. The number of nitrogens with zero attached hydrogens (tertiary/aromatic N) is 2. The largest absolute Gasteiger partial charge is 0.465 e. The lowest BCUT2D eigenvalue weighted by Crippen LogP contribution is -2.10. The number of methoxy groups -OCH3 is 1. The van der Waals surface area contributed by atoms with E-state index in [9.17, 15) is 28.1 Å². The van der Waals surface area contributed by atoms with Gasteiger partial charge in [-0.05, 0) is 23.9 Å². The first kappa shape index (κ1) is 15.8. The van der Waals surface area contributed by atoms with Gasteiger partial charge in [0.2, 0.25) is 0 Å². The van der Waals surface area contributed by atoms with E-state index >= 15 is 0 Å². The minimum atomic E-state index is -4.86. The highest BCUT2D eigenvalue weighted by molar-refractivity contribution is 8.00. The van der Waals surface area contributed by atoms with E-state index in [1.165, 1.54) is 6.07 Å². The van der Waals surface area contributed by atoms with Crippen LogP contribution in [0.2, 0.25) is 0 Å². The number of esters is 1. The molecule has 0 aromatic heterocycles. The van der Waals surface area contributed by atoms with E-state index in [1.807, 2.05) is 0 Å². The first-order valence-corrected chi connectivity index (χ1v) is 5.58. The first-order valence-electron chi connectivity index (χ1n) is 4.76. The van der Waals surface area contributed by atoms with Gasteiger partial charge in [-0.3, -0.25) is 10.1 Å². The Hall–Kier alpha value is -2.28. The average Bonchev–Trinajstić information content (AvgIpc) is 2.34. The molecule has 0 saturated heterocycles. The van der Waals surface area contributed by atoms with E-state index in [0.717, 1.165) is 19.2 Å². The highest BCUT2D eigenvalue weighted by Crippen LogP contribution is 2.44. The number of carbonyl (C=O) groups excluding carboxylic acids is 1. The predicted molar refractivity (Wildman–Crippen MR) is 61.1 cm³/mol. The maximum atomic E-state index is 12.5. The monoisotopic (exact) mass is 306 g/mol. The van der Waals surface area contributed by atoms with Crippen molar-refractivity contribution in [3.05, 3.63) is 33.4 Å². The summed E-state index contributed by atoms with van der Waals surface area (Å²) in [6, 6.07) is 3.19. The number of nitro groups is 1. The number of carbonyl (C=O) groups is 1. The molecule has 1 rings (SSSR count). The minimum absolute atomic E-state index is 0.575. The van der Waals surface area contributed by atoms with Gasteiger partial charge in [0.05, 0.1) is 17.6 Å². The number of ether oxygens (including phenoxy) is 1. The molecule has 0 aliphatic carbocycles. The second-order valence-corrected chi connectivity index (χ2v) is 4.32. The van der Waals surface area contributed by atoms with Crippen molar-refractivity contribution in [2.75, 3.05) is 7.11 Å². The van der Waals surface area contributed by atoms with Gasteiger partial charge in [0.25, 0.3) is 0 Å². The highest BCUT2D eigenvalue weighted by Gasteiger charge is 2.37. The normalized spacial score (nSPS) is 10.8. The molecule has 1 aromatic rings. The summed E-state index contributed by atoms with van der Waals surface area (Å²) in [6.07, 6.45) is 0. The molecular weight excluding hydrogens is 301 g/mol. The fourth-order valence-electron chi connectivity index (χ4n) is 1.33. The van der Waals surface area contributed by atoms with Crippen LogP contribution in [0, 0.1) is 21.4 Å². The third-order valence-electron chi connectivity index (χ3n) is 2.06. The molecule has 0 N–H and O–H groups in total. The molecule has 106 valence electrons. The SMILES string of the molecule is COC(=O)c1ccc(C#N)c([N+](=O)[O-])c1SC(F)(F)F. The van der Waals surface area contributed by atoms with Gasteiger partial charge in [-0.2, -0.15) is 18.4 Å². The van der Waals surface area contributed by atoms with Crippen LogP contribution in [-0.2, 0) is 4.74 Å². The Morgan fingerprint density at radius 2 is 2.10 bits per heavy atom. The molecule has 10 heteroatoms. The standard InChI is InChI=1S/C10H5F3N2O4S/c1-19-9(16)6-3-2-5(4-14)7(15(17)18)8(6)20-10(11,12)13/h2-3H,1H3. The van der Waals surface area contributed by atoms with Gasteiger partial charge in [-0.1, -0.05) is 0 Å². The van der Waals surface area contributed by atoms with Crippen LogP contribution in [0.1, 0.15) is 15.9 Å². The summed E-state index contributed by atoms with van der Waals surface area (Å²) >= 11 is -0.838. The molecule has 0 aliphatic rings. The summed E-state index contributed by atoms with van der Waals surface area (Å²) in [6.45, 7) is 0. The third-order valence-corrected chi connectivity index (χ3v) is 2.91. The number of benzene rings is 1. The molecule has 0 atom stereocenters. The molecule has 0 fully saturated rings. The van der Waals surface area contributed by atoms with Crippen LogP contribution in [0.15, 0.2) is 17.0 Å². The van der Waals surface area contributed by atoms with Crippen LogP contribution in [0.25, 0.3) is 0 Å². The molecule has 0 amide bonds. The zero-order valence-electron chi connectivity index (χ0n) is 9.72. The van der Waals surface area contributed by atoms with Gasteiger partial charge >= 0.3 is 17.2 Å². The van der Waals surface area contributed by atoms with Crippen molar-refractivity contribution in [2.45, 2.75) is 10.4 Å². The number of thioether (sulfide) groups is 1. The Labute approximate surface area is 114 Å². The fourth-order valence-corrected chi connectivity index (χ4v) is 2.11. The van der Waals surface area contributed by atoms with Crippen LogP contribution in [0.5, 0.6) is 0 Å². The Morgan fingerprint density at radius 3 is 2.50 bits per heavy atom. The van der Waals surface area contributed by atoms with Crippen molar-refractivity contribution in [1.29, 1.82) is 5.26 Å². The van der Waals surface area contributed by atoms with E-state index in [0.29, 0.717) is 0 Å². The molecule has 0 saturated carbocycles. The molecular formula is C10H5F3N2O4S. The minimum Gasteiger partial charge on any atom is -0.465 e. The predicted octanol–water partition coefficient (Wildman–Crippen LogP) is 2.86. The summed E-state index contributed by atoms with van der Waals surface area (Å²) in [4.78, 5) is 20.2. The van der Waals surface area contributed by atoms with Crippen LogP contribution >= 0.6 is 11.8 Å². The topological polar surface area (TPSA) is 93.2 Å². The van der Waals surface area contributed by atoms with Crippen LogP contribution < -0.4 is 0 Å². The highest BCUT2D eigenvalue weighted by atomic mass is 32.2. The second kappa shape index (κ2) is 5.79. The Bertz CT molecular complexity index is 610. The van der Waals surface area contributed by atoms with Gasteiger partial charge in [-0.25, -0.2) is 4.79 Å². The van der Waals surface area contributed by atoms with Crippen molar-refractivity contribution in [3.8, 4) is 6.07 Å².